The second-order valence-corrected chi connectivity index (χ2v) is 3.08. The first-order valence-corrected chi connectivity index (χ1v) is 4.20. The highest BCUT2D eigenvalue weighted by Crippen LogP contribution is 2.23. The van der Waals surface area contributed by atoms with E-state index in [9.17, 15) is 22.8 Å². The van der Waals surface area contributed by atoms with Gasteiger partial charge in [-0.15, -0.1) is 0 Å². The van der Waals surface area contributed by atoms with Crippen molar-refractivity contribution in [1.29, 1.82) is 0 Å². The molecule has 9 heteroatoms. The van der Waals surface area contributed by atoms with Crippen LogP contribution in [0.5, 0.6) is 0 Å². The number of carboxylic acids is 1. The van der Waals surface area contributed by atoms with Crippen LogP contribution in [-0.4, -0.2) is 35.2 Å². The summed E-state index contributed by atoms with van der Waals surface area (Å²) in [4.78, 5) is 24.9. The van der Waals surface area contributed by atoms with Crippen LogP contribution in [0.15, 0.2) is 4.42 Å². The van der Waals surface area contributed by atoms with E-state index in [2.05, 4.69) is 9.40 Å². The average Bonchev–Trinajstić information content (AvgIpc) is 2.56. The molecule has 1 aromatic heterocycles. The van der Waals surface area contributed by atoms with E-state index >= 15 is 0 Å². The van der Waals surface area contributed by atoms with Crippen LogP contribution in [0.3, 0.4) is 0 Å². The molecule has 0 saturated carbocycles. The topological polar surface area (TPSA) is 83.6 Å². The highest BCUT2D eigenvalue weighted by Gasteiger charge is 2.43. The zero-order valence-corrected chi connectivity index (χ0v) is 8.70. The molecule has 0 saturated heterocycles. The molecule has 0 aliphatic rings. The molecule has 1 rings (SSSR count). The molecule has 0 aliphatic heterocycles. The first kappa shape index (κ1) is 13.0. The van der Waals surface area contributed by atoms with E-state index in [0.29, 0.717) is 0 Å². The van der Waals surface area contributed by atoms with Gasteiger partial charge in [0.15, 0.2) is 0 Å². The lowest BCUT2D eigenvalue weighted by molar-refractivity contribution is -0.170. The van der Waals surface area contributed by atoms with Gasteiger partial charge in [0, 0.05) is 7.05 Å². The van der Waals surface area contributed by atoms with Gasteiger partial charge in [-0.25, -0.2) is 4.79 Å². The standard InChI is InChI=1S/C8H7F3N2O4/c1-3-4(5(14)15)17-7(12-3)13(2)6(16)8(9,10)11/h1-2H3,(H,14,15). The van der Waals surface area contributed by atoms with Crippen molar-refractivity contribution in [2.24, 2.45) is 0 Å². The van der Waals surface area contributed by atoms with Crippen molar-refractivity contribution in [3.05, 3.63) is 11.5 Å². The molecule has 6 nitrogen and oxygen atoms in total. The second kappa shape index (κ2) is 4.07. The van der Waals surface area contributed by atoms with Gasteiger partial charge in [0.1, 0.15) is 0 Å². The van der Waals surface area contributed by atoms with Gasteiger partial charge in [-0.1, -0.05) is 0 Å². The van der Waals surface area contributed by atoms with Crippen LogP contribution in [0.1, 0.15) is 16.2 Å². The zero-order chi connectivity index (χ0) is 13.4. The molecule has 0 bridgehead atoms. The fourth-order valence-corrected chi connectivity index (χ4v) is 1.00. The van der Waals surface area contributed by atoms with Crippen LogP contribution >= 0.6 is 0 Å². The fourth-order valence-electron chi connectivity index (χ4n) is 1.00. The smallest absolute Gasteiger partial charge is 0.471 e. The molecule has 17 heavy (non-hydrogen) atoms. The number of aromatic nitrogens is 1. The van der Waals surface area contributed by atoms with Crippen molar-refractivity contribution in [3.63, 3.8) is 0 Å². The average molecular weight is 252 g/mol. The third kappa shape index (κ3) is 2.55. The van der Waals surface area contributed by atoms with Crippen LogP contribution in [0.25, 0.3) is 0 Å². The number of aromatic carboxylic acids is 1. The molecule has 1 N–H and O–H groups in total. The first-order valence-electron chi connectivity index (χ1n) is 4.20. The largest absolute Gasteiger partial charge is 0.475 e. The molecule has 0 atom stereocenters. The van der Waals surface area contributed by atoms with Crippen molar-refractivity contribution in [3.8, 4) is 0 Å². The molecule has 1 amide bonds. The molecule has 0 aliphatic carbocycles. The number of nitrogens with zero attached hydrogens (tertiary/aromatic N) is 2. The van der Waals surface area contributed by atoms with Crippen molar-refractivity contribution in [2.75, 3.05) is 11.9 Å². The molecule has 0 spiro atoms. The van der Waals surface area contributed by atoms with Crippen molar-refractivity contribution < 1.29 is 32.3 Å². The van der Waals surface area contributed by atoms with Gasteiger partial charge in [-0.3, -0.25) is 9.69 Å². The summed E-state index contributed by atoms with van der Waals surface area (Å²) >= 11 is 0. The molecule has 0 radical (unpaired) electrons. The van der Waals surface area contributed by atoms with Gasteiger partial charge in [0.05, 0.1) is 5.69 Å². The van der Waals surface area contributed by atoms with Crippen LogP contribution in [0.4, 0.5) is 19.2 Å². The molecule has 0 fully saturated rings. The Labute approximate surface area is 92.6 Å². The van der Waals surface area contributed by atoms with E-state index in [1.54, 1.807) is 0 Å². The number of oxazole rings is 1. The van der Waals surface area contributed by atoms with Gasteiger partial charge in [0.25, 0.3) is 0 Å². The van der Waals surface area contributed by atoms with E-state index in [0.717, 1.165) is 7.05 Å². The molecular weight excluding hydrogens is 245 g/mol. The maximum absolute atomic E-state index is 12.1. The highest BCUT2D eigenvalue weighted by atomic mass is 19.4. The number of carbonyl (C=O) groups excluding carboxylic acids is 1. The summed E-state index contributed by atoms with van der Waals surface area (Å²) in [6.07, 6.45) is -5.08. The summed E-state index contributed by atoms with van der Waals surface area (Å²) in [7, 11) is 0.784. The van der Waals surface area contributed by atoms with Crippen LogP contribution in [0.2, 0.25) is 0 Å². The Morgan fingerprint density at radius 2 is 1.94 bits per heavy atom. The Kier molecular flexibility index (Phi) is 3.12. The Bertz CT molecular complexity index is 466. The Hall–Kier alpha value is -2.06. The molecule has 0 aromatic carbocycles. The molecule has 1 heterocycles. The quantitative estimate of drug-likeness (QED) is 0.855. The minimum Gasteiger partial charge on any atom is -0.475 e. The van der Waals surface area contributed by atoms with Crippen LogP contribution in [0, 0.1) is 6.92 Å². The lowest BCUT2D eigenvalue weighted by Crippen LogP contribution is -2.38. The van der Waals surface area contributed by atoms with Gasteiger partial charge in [-0.2, -0.15) is 18.2 Å². The number of hydrogen-bond donors (Lipinski definition) is 1. The van der Waals surface area contributed by atoms with E-state index in [1.807, 2.05) is 0 Å². The summed E-state index contributed by atoms with van der Waals surface area (Å²) in [6, 6.07) is -0.720. The molecule has 1 aromatic rings. The fraction of sp³-hybridized carbons (Fsp3) is 0.375. The third-order valence-electron chi connectivity index (χ3n) is 1.81. The van der Waals surface area contributed by atoms with Crippen LogP contribution in [-0.2, 0) is 4.79 Å². The Morgan fingerprint density at radius 1 is 1.41 bits per heavy atom. The van der Waals surface area contributed by atoms with Crippen molar-refractivity contribution in [1.82, 2.24) is 4.98 Å². The maximum Gasteiger partial charge on any atom is 0.471 e. The Balaban J connectivity index is 3.06. The molecule has 94 valence electrons. The van der Waals surface area contributed by atoms with Gasteiger partial charge < -0.3 is 9.52 Å². The van der Waals surface area contributed by atoms with E-state index < -0.39 is 29.8 Å². The van der Waals surface area contributed by atoms with Crippen molar-refractivity contribution in [2.45, 2.75) is 13.1 Å². The van der Waals surface area contributed by atoms with Gasteiger partial charge in [0.2, 0.25) is 5.76 Å². The highest BCUT2D eigenvalue weighted by molar-refractivity contribution is 5.95. The summed E-state index contributed by atoms with van der Waals surface area (Å²) in [5.74, 6) is -4.29. The third-order valence-corrected chi connectivity index (χ3v) is 1.81. The summed E-state index contributed by atoms with van der Waals surface area (Å²) in [5, 5.41) is 8.60. The second-order valence-electron chi connectivity index (χ2n) is 3.08. The molecular formula is C8H7F3N2O4. The molecule has 0 unspecified atom stereocenters. The first-order chi connectivity index (χ1) is 7.64. The number of alkyl halides is 3. The number of carbonyl (C=O) groups is 2. The number of rotatable bonds is 2. The van der Waals surface area contributed by atoms with E-state index in [-0.39, 0.29) is 10.6 Å². The summed E-state index contributed by atoms with van der Waals surface area (Å²) in [6.45, 7) is 1.24. The van der Waals surface area contributed by atoms with Crippen LogP contribution < -0.4 is 4.90 Å². The maximum atomic E-state index is 12.1. The van der Waals surface area contributed by atoms with Gasteiger partial charge in [-0.05, 0) is 6.92 Å². The number of amides is 1. The summed E-state index contributed by atoms with van der Waals surface area (Å²) in [5.41, 5.74) is -0.116. The van der Waals surface area contributed by atoms with E-state index in [1.165, 1.54) is 6.92 Å². The number of hydrogen-bond acceptors (Lipinski definition) is 4. The SMILES string of the molecule is Cc1nc(N(C)C(=O)C(F)(F)F)oc1C(=O)O. The number of anilines is 1. The number of carboxylic acid groups (broad SMARTS) is 1. The number of aryl methyl sites for hydroxylation is 1. The van der Waals surface area contributed by atoms with E-state index in [4.69, 9.17) is 5.11 Å². The zero-order valence-electron chi connectivity index (χ0n) is 8.70. The van der Waals surface area contributed by atoms with Crippen molar-refractivity contribution >= 4 is 17.9 Å². The number of halogens is 3. The monoisotopic (exact) mass is 252 g/mol. The minimum atomic E-state index is -5.08. The lowest BCUT2D eigenvalue weighted by atomic mass is 10.4. The predicted octanol–water partition coefficient (Wildman–Crippen LogP) is 1.21. The normalized spacial score (nSPS) is 11.4. The van der Waals surface area contributed by atoms with Gasteiger partial charge >= 0.3 is 24.1 Å². The minimum absolute atomic E-state index is 0.0967. The predicted molar refractivity (Wildman–Crippen MR) is 47.7 cm³/mol. The Morgan fingerprint density at radius 3 is 2.29 bits per heavy atom. The summed E-state index contributed by atoms with van der Waals surface area (Å²) < 4.78 is 40.8. The lowest BCUT2D eigenvalue weighted by Gasteiger charge is -2.13.